The number of nitrogens with two attached hydrogens (primary N) is 1. The first kappa shape index (κ1) is 18.5. The highest BCUT2D eigenvalue weighted by Crippen LogP contribution is 2.19. The first-order valence-corrected chi connectivity index (χ1v) is 9.80. The molecule has 28 heavy (non-hydrogen) atoms. The van der Waals surface area contributed by atoms with Gasteiger partial charge >= 0.3 is 0 Å². The zero-order valence-corrected chi connectivity index (χ0v) is 16.1. The normalized spacial score (nSPS) is 19.5. The molecule has 0 saturated heterocycles. The highest BCUT2D eigenvalue weighted by atomic mass is 16.5. The van der Waals surface area contributed by atoms with Crippen LogP contribution in [-0.2, 0) is 6.61 Å². The molecule has 4 rings (SSSR count). The standard InChI is InChI=1S/C22H26N4O2/c1-15-5-10-21-24-19(13-26(21)12-15)14-28-20-4-2-3-16(11-20)22(27)25-18-8-6-17(23)7-9-18/h2-5,10-13,17-18H,6-9,14,23H2,1H3,(H,25,27). The van der Waals surface area contributed by atoms with Crippen molar-refractivity contribution in [3.05, 3.63) is 65.6 Å². The summed E-state index contributed by atoms with van der Waals surface area (Å²) >= 11 is 0. The molecule has 1 aliphatic carbocycles. The first-order valence-electron chi connectivity index (χ1n) is 9.80. The number of pyridine rings is 1. The molecule has 1 amide bonds. The second-order valence-electron chi connectivity index (χ2n) is 7.61. The molecule has 3 N–H and O–H groups in total. The molecule has 0 unspecified atom stereocenters. The molecule has 6 heteroatoms. The third-order valence-corrected chi connectivity index (χ3v) is 5.24. The van der Waals surface area contributed by atoms with Crippen LogP contribution in [0.15, 0.2) is 48.8 Å². The maximum absolute atomic E-state index is 12.6. The predicted molar refractivity (Wildman–Crippen MR) is 108 cm³/mol. The van der Waals surface area contributed by atoms with E-state index in [-0.39, 0.29) is 18.0 Å². The van der Waals surface area contributed by atoms with Gasteiger partial charge < -0.3 is 20.2 Å². The molecule has 2 aromatic heterocycles. The molecular weight excluding hydrogens is 352 g/mol. The number of aryl methyl sites for hydroxylation is 1. The van der Waals surface area contributed by atoms with Crippen molar-refractivity contribution in [2.24, 2.45) is 5.73 Å². The molecule has 0 atom stereocenters. The molecule has 1 aliphatic rings. The van der Waals surface area contributed by atoms with E-state index in [1.807, 2.05) is 54.0 Å². The Bertz CT molecular complexity index is 974. The smallest absolute Gasteiger partial charge is 0.251 e. The van der Waals surface area contributed by atoms with Crippen molar-refractivity contribution in [1.82, 2.24) is 14.7 Å². The number of nitrogens with one attached hydrogen (secondary N) is 1. The van der Waals surface area contributed by atoms with Crippen LogP contribution in [0.2, 0.25) is 0 Å². The van der Waals surface area contributed by atoms with Crippen LogP contribution in [0.3, 0.4) is 0 Å². The van der Waals surface area contributed by atoms with E-state index < -0.39 is 0 Å². The van der Waals surface area contributed by atoms with Crippen molar-refractivity contribution in [2.45, 2.75) is 51.3 Å². The number of aromatic nitrogens is 2. The van der Waals surface area contributed by atoms with Crippen LogP contribution < -0.4 is 15.8 Å². The Labute approximate surface area is 164 Å². The summed E-state index contributed by atoms with van der Waals surface area (Å²) in [6.45, 7) is 2.40. The van der Waals surface area contributed by atoms with E-state index in [1.165, 1.54) is 5.56 Å². The van der Waals surface area contributed by atoms with Gasteiger partial charge in [0.15, 0.2) is 0 Å². The summed E-state index contributed by atoms with van der Waals surface area (Å²) in [5.74, 6) is 0.598. The van der Waals surface area contributed by atoms with Crippen molar-refractivity contribution < 1.29 is 9.53 Å². The van der Waals surface area contributed by atoms with E-state index in [9.17, 15) is 4.79 Å². The minimum Gasteiger partial charge on any atom is -0.487 e. The minimum atomic E-state index is -0.0610. The molecule has 6 nitrogen and oxygen atoms in total. The zero-order valence-electron chi connectivity index (χ0n) is 16.1. The zero-order chi connectivity index (χ0) is 19.5. The van der Waals surface area contributed by atoms with Gasteiger partial charge in [0.2, 0.25) is 0 Å². The number of benzene rings is 1. The Morgan fingerprint density at radius 1 is 1.21 bits per heavy atom. The van der Waals surface area contributed by atoms with Crippen molar-refractivity contribution in [3.63, 3.8) is 0 Å². The van der Waals surface area contributed by atoms with Crippen LogP contribution in [0.1, 0.15) is 47.3 Å². The second kappa shape index (κ2) is 8.02. The van der Waals surface area contributed by atoms with Crippen molar-refractivity contribution in [1.29, 1.82) is 0 Å². The number of rotatable bonds is 5. The third kappa shape index (κ3) is 4.34. The molecule has 1 fully saturated rings. The summed E-state index contributed by atoms with van der Waals surface area (Å²) in [4.78, 5) is 17.1. The van der Waals surface area contributed by atoms with Gasteiger partial charge in [-0.25, -0.2) is 4.98 Å². The lowest BCUT2D eigenvalue weighted by Gasteiger charge is -2.26. The van der Waals surface area contributed by atoms with E-state index in [4.69, 9.17) is 10.5 Å². The maximum atomic E-state index is 12.6. The summed E-state index contributed by atoms with van der Waals surface area (Å²) in [5, 5.41) is 3.11. The lowest BCUT2D eigenvalue weighted by atomic mass is 9.91. The lowest BCUT2D eigenvalue weighted by molar-refractivity contribution is 0.0925. The number of amides is 1. The van der Waals surface area contributed by atoms with Crippen LogP contribution in [-0.4, -0.2) is 27.4 Å². The summed E-state index contributed by atoms with van der Waals surface area (Å²) < 4.78 is 7.87. The molecule has 0 aliphatic heterocycles. The fourth-order valence-corrected chi connectivity index (χ4v) is 3.64. The number of hydrogen-bond acceptors (Lipinski definition) is 4. The van der Waals surface area contributed by atoms with Gasteiger partial charge in [-0.2, -0.15) is 0 Å². The van der Waals surface area contributed by atoms with Gasteiger partial charge in [-0.15, -0.1) is 0 Å². The van der Waals surface area contributed by atoms with Crippen LogP contribution in [0.25, 0.3) is 5.65 Å². The van der Waals surface area contributed by atoms with Gasteiger partial charge in [-0.3, -0.25) is 4.79 Å². The highest BCUT2D eigenvalue weighted by Gasteiger charge is 2.20. The summed E-state index contributed by atoms with van der Waals surface area (Å²) in [5.41, 5.74) is 9.46. The predicted octanol–water partition coefficient (Wildman–Crippen LogP) is 3.22. The van der Waals surface area contributed by atoms with Crippen molar-refractivity contribution in [2.75, 3.05) is 0 Å². The van der Waals surface area contributed by atoms with Gasteiger partial charge in [0.25, 0.3) is 5.91 Å². The number of hydrogen-bond donors (Lipinski definition) is 2. The van der Waals surface area contributed by atoms with Crippen LogP contribution in [0, 0.1) is 6.92 Å². The van der Waals surface area contributed by atoms with Crippen LogP contribution >= 0.6 is 0 Å². The van der Waals surface area contributed by atoms with E-state index in [0.29, 0.717) is 17.9 Å². The molecule has 0 spiro atoms. The van der Waals surface area contributed by atoms with Gasteiger partial charge in [0.05, 0.1) is 5.69 Å². The third-order valence-electron chi connectivity index (χ3n) is 5.24. The van der Waals surface area contributed by atoms with Crippen LogP contribution in [0.5, 0.6) is 5.75 Å². The number of fused-ring (bicyclic) bond motifs is 1. The monoisotopic (exact) mass is 378 g/mol. The Morgan fingerprint density at radius 2 is 2.04 bits per heavy atom. The fourth-order valence-electron chi connectivity index (χ4n) is 3.64. The van der Waals surface area contributed by atoms with Crippen molar-refractivity contribution in [3.8, 4) is 5.75 Å². The van der Waals surface area contributed by atoms with Crippen LogP contribution in [0.4, 0.5) is 0 Å². The fraction of sp³-hybridized carbons (Fsp3) is 0.364. The largest absolute Gasteiger partial charge is 0.487 e. The number of carbonyl (C=O) groups is 1. The number of imidazole rings is 1. The van der Waals surface area contributed by atoms with Gasteiger partial charge in [-0.05, 0) is 62.4 Å². The molecule has 0 bridgehead atoms. The Balaban J connectivity index is 1.38. The average molecular weight is 378 g/mol. The summed E-state index contributed by atoms with van der Waals surface area (Å²) in [6.07, 6.45) is 7.81. The Morgan fingerprint density at radius 3 is 2.86 bits per heavy atom. The molecule has 0 radical (unpaired) electrons. The second-order valence-corrected chi connectivity index (χ2v) is 7.61. The SMILES string of the molecule is Cc1ccc2nc(COc3cccc(C(=O)NC4CCC(N)CC4)c3)cn2c1. The number of carbonyl (C=O) groups excluding carboxylic acids is 1. The molecule has 3 aromatic rings. The Kier molecular flexibility index (Phi) is 5.30. The van der Waals surface area contributed by atoms with E-state index >= 15 is 0 Å². The summed E-state index contributed by atoms with van der Waals surface area (Å²) in [6, 6.07) is 11.8. The number of nitrogens with zero attached hydrogens (tertiary/aromatic N) is 2. The van der Waals surface area contributed by atoms with E-state index in [2.05, 4.69) is 10.3 Å². The van der Waals surface area contributed by atoms with Gasteiger partial charge in [0, 0.05) is 30.0 Å². The highest BCUT2D eigenvalue weighted by molar-refractivity contribution is 5.94. The molecule has 1 aromatic carbocycles. The molecule has 146 valence electrons. The first-order chi connectivity index (χ1) is 13.6. The van der Waals surface area contributed by atoms with E-state index in [1.54, 1.807) is 6.07 Å². The summed E-state index contributed by atoms with van der Waals surface area (Å²) in [7, 11) is 0. The van der Waals surface area contributed by atoms with Crippen molar-refractivity contribution >= 4 is 11.6 Å². The topological polar surface area (TPSA) is 81.6 Å². The average Bonchev–Trinajstić information content (AvgIpc) is 3.10. The number of ether oxygens (including phenoxy) is 1. The van der Waals surface area contributed by atoms with E-state index in [0.717, 1.165) is 37.0 Å². The molecule has 1 saturated carbocycles. The Hall–Kier alpha value is -2.86. The van der Waals surface area contributed by atoms with Gasteiger partial charge in [-0.1, -0.05) is 12.1 Å². The maximum Gasteiger partial charge on any atom is 0.251 e. The lowest BCUT2D eigenvalue weighted by Crippen LogP contribution is -2.40. The minimum absolute atomic E-state index is 0.0610. The quantitative estimate of drug-likeness (QED) is 0.714. The molecular formula is C22H26N4O2. The van der Waals surface area contributed by atoms with Gasteiger partial charge in [0.1, 0.15) is 18.0 Å². The molecule has 2 heterocycles.